The van der Waals surface area contributed by atoms with E-state index in [1.54, 1.807) is 6.08 Å². The maximum Gasteiger partial charge on any atom is 0.0797 e. The highest BCUT2D eigenvalue weighted by Crippen LogP contribution is 2.46. The van der Waals surface area contributed by atoms with Crippen molar-refractivity contribution in [3.63, 3.8) is 0 Å². The van der Waals surface area contributed by atoms with Crippen LogP contribution in [-0.4, -0.2) is 10.7 Å². The predicted molar refractivity (Wildman–Crippen MR) is 70.3 cm³/mol. The second-order valence-electron chi connectivity index (χ2n) is 6.56. The third-order valence-electron chi connectivity index (χ3n) is 4.57. The first kappa shape index (κ1) is 13.8. The summed E-state index contributed by atoms with van der Waals surface area (Å²) in [6.45, 7) is 12.7. The largest absolute Gasteiger partial charge is 0.386 e. The molecule has 0 bridgehead atoms. The monoisotopic (exact) mass is 224 g/mol. The van der Waals surface area contributed by atoms with E-state index in [1.165, 1.54) is 19.3 Å². The van der Waals surface area contributed by atoms with Crippen LogP contribution < -0.4 is 0 Å². The van der Waals surface area contributed by atoms with Crippen LogP contribution in [0.25, 0.3) is 0 Å². The minimum absolute atomic E-state index is 0.439. The molecule has 0 saturated heterocycles. The molecule has 0 heterocycles. The molecule has 1 aliphatic rings. The Morgan fingerprint density at radius 2 is 2.12 bits per heavy atom. The number of rotatable bonds is 4. The Kier molecular flexibility index (Phi) is 4.23. The van der Waals surface area contributed by atoms with Gasteiger partial charge in [0, 0.05) is 0 Å². The molecule has 0 aromatic heterocycles. The van der Waals surface area contributed by atoms with Gasteiger partial charge in [-0.3, -0.25) is 0 Å². The van der Waals surface area contributed by atoms with E-state index in [0.29, 0.717) is 5.41 Å². The van der Waals surface area contributed by atoms with Crippen LogP contribution in [0.2, 0.25) is 0 Å². The lowest BCUT2D eigenvalue weighted by Crippen LogP contribution is -2.35. The highest BCUT2D eigenvalue weighted by atomic mass is 16.3. The van der Waals surface area contributed by atoms with E-state index in [0.717, 1.165) is 24.7 Å². The van der Waals surface area contributed by atoms with Crippen LogP contribution in [0.15, 0.2) is 12.7 Å². The Morgan fingerprint density at radius 1 is 1.50 bits per heavy atom. The van der Waals surface area contributed by atoms with Gasteiger partial charge >= 0.3 is 0 Å². The SMILES string of the molecule is C=CC(C)(O)CCC1C(C)CCCC1(C)C. The van der Waals surface area contributed by atoms with Crippen molar-refractivity contribution in [2.24, 2.45) is 17.3 Å². The fourth-order valence-corrected chi connectivity index (χ4v) is 3.26. The molecule has 94 valence electrons. The van der Waals surface area contributed by atoms with E-state index in [9.17, 15) is 5.11 Å². The zero-order valence-corrected chi connectivity index (χ0v) is 11.4. The van der Waals surface area contributed by atoms with Gasteiger partial charge < -0.3 is 5.11 Å². The van der Waals surface area contributed by atoms with Crippen molar-refractivity contribution < 1.29 is 5.11 Å². The van der Waals surface area contributed by atoms with Crippen LogP contribution in [0.3, 0.4) is 0 Å². The minimum atomic E-state index is -0.687. The van der Waals surface area contributed by atoms with Crippen LogP contribution in [0.1, 0.15) is 59.8 Å². The predicted octanol–water partition coefficient (Wildman–Crippen LogP) is 4.17. The van der Waals surface area contributed by atoms with E-state index in [2.05, 4.69) is 27.4 Å². The molecule has 1 heteroatoms. The molecule has 3 atom stereocenters. The highest BCUT2D eigenvalue weighted by Gasteiger charge is 2.37. The Morgan fingerprint density at radius 3 is 2.62 bits per heavy atom. The Labute approximate surface area is 101 Å². The second-order valence-corrected chi connectivity index (χ2v) is 6.56. The fourth-order valence-electron chi connectivity index (χ4n) is 3.26. The average Bonchev–Trinajstić information content (AvgIpc) is 2.16. The first-order valence-corrected chi connectivity index (χ1v) is 6.64. The molecule has 0 spiro atoms. The molecule has 1 fully saturated rings. The molecule has 1 nitrogen and oxygen atoms in total. The lowest BCUT2D eigenvalue weighted by molar-refractivity contribution is 0.0402. The summed E-state index contributed by atoms with van der Waals surface area (Å²) in [7, 11) is 0. The van der Waals surface area contributed by atoms with Gasteiger partial charge in [0.2, 0.25) is 0 Å². The molecule has 0 aliphatic heterocycles. The third kappa shape index (κ3) is 3.35. The summed E-state index contributed by atoms with van der Waals surface area (Å²) in [5, 5.41) is 9.99. The summed E-state index contributed by atoms with van der Waals surface area (Å²) >= 11 is 0. The molecule has 0 amide bonds. The zero-order chi connectivity index (χ0) is 12.4. The summed E-state index contributed by atoms with van der Waals surface area (Å²) in [6, 6.07) is 0. The summed E-state index contributed by atoms with van der Waals surface area (Å²) in [6.07, 6.45) is 7.68. The molecule has 16 heavy (non-hydrogen) atoms. The minimum Gasteiger partial charge on any atom is -0.386 e. The van der Waals surface area contributed by atoms with Gasteiger partial charge in [0.15, 0.2) is 0 Å². The smallest absolute Gasteiger partial charge is 0.0797 e. The van der Waals surface area contributed by atoms with Gasteiger partial charge in [0.25, 0.3) is 0 Å². The van der Waals surface area contributed by atoms with E-state index in [1.807, 2.05) is 6.92 Å². The quantitative estimate of drug-likeness (QED) is 0.711. The van der Waals surface area contributed by atoms with Crippen LogP contribution in [0, 0.1) is 17.3 Å². The van der Waals surface area contributed by atoms with Gasteiger partial charge in [0.1, 0.15) is 0 Å². The van der Waals surface area contributed by atoms with E-state index < -0.39 is 5.60 Å². The van der Waals surface area contributed by atoms with Crippen molar-refractivity contribution in [1.29, 1.82) is 0 Å². The van der Waals surface area contributed by atoms with Gasteiger partial charge in [-0.15, -0.1) is 6.58 Å². The van der Waals surface area contributed by atoms with Crippen molar-refractivity contribution >= 4 is 0 Å². The molecular weight excluding hydrogens is 196 g/mol. The molecule has 1 N–H and O–H groups in total. The van der Waals surface area contributed by atoms with Crippen LogP contribution in [0.5, 0.6) is 0 Å². The Balaban J connectivity index is 2.59. The second kappa shape index (κ2) is 4.91. The first-order chi connectivity index (χ1) is 7.28. The van der Waals surface area contributed by atoms with Crippen molar-refractivity contribution in [2.45, 2.75) is 65.4 Å². The van der Waals surface area contributed by atoms with E-state index in [-0.39, 0.29) is 0 Å². The van der Waals surface area contributed by atoms with Crippen LogP contribution in [-0.2, 0) is 0 Å². The molecule has 0 aromatic carbocycles. The van der Waals surface area contributed by atoms with Crippen molar-refractivity contribution in [2.75, 3.05) is 0 Å². The maximum absolute atomic E-state index is 9.99. The van der Waals surface area contributed by atoms with Gasteiger partial charge in [-0.25, -0.2) is 0 Å². The van der Waals surface area contributed by atoms with Crippen molar-refractivity contribution in [3.8, 4) is 0 Å². The molecular formula is C15H28O. The number of aliphatic hydroxyl groups is 1. The van der Waals surface area contributed by atoms with Crippen molar-refractivity contribution in [3.05, 3.63) is 12.7 Å². The average molecular weight is 224 g/mol. The lowest BCUT2D eigenvalue weighted by Gasteiger charge is -2.44. The van der Waals surface area contributed by atoms with Gasteiger partial charge in [-0.2, -0.15) is 0 Å². The summed E-state index contributed by atoms with van der Waals surface area (Å²) in [5.74, 6) is 1.54. The van der Waals surface area contributed by atoms with Crippen LogP contribution >= 0.6 is 0 Å². The molecule has 1 rings (SSSR count). The standard InChI is InChI=1S/C15H28O/c1-6-15(5,16)11-9-13-12(2)8-7-10-14(13,3)4/h6,12-13,16H,1,7-11H2,2-5H3. The summed E-state index contributed by atoms with van der Waals surface area (Å²) in [4.78, 5) is 0. The molecule has 1 saturated carbocycles. The fraction of sp³-hybridized carbons (Fsp3) is 0.867. The normalized spacial score (nSPS) is 33.1. The Hall–Kier alpha value is -0.300. The summed E-state index contributed by atoms with van der Waals surface area (Å²) < 4.78 is 0. The van der Waals surface area contributed by atoms with E-state index >= 15 is 0 Å². The van der Waals surface area contributed by atoms with Crippen molar-refractivity contribution in [1.82, 2.24) is 0 Å². The highest BCUT2D eigenvalue weighted by molar-refractivity contribution is 4.94. The maximum atomic E-state index is 9.99. The lowest BCUT2D eigenvalue weighted by atomic mass is 9.62. The molecule has 0 aromatic rings. The van der Waals surface area contributed by atoms with E-state index in [4.69, 9.17) is 0 Å². The molecule has 3 unspecified atom stereocenters. The Bertz CT molecular complexity index is 240. The third-order valence-corrected chi connectivity index (χ3v) is 4.57. The van der Waals surface area contributed by atoms with Crippen LogP contribution in [0.4, 0.5) is 0 Å². The van der Waals surface area contributed by atoms with Gasteiger partial charge in [-0.1, -0.05) is 39.7 Å². The zero-order valence-electron chi connectivity index (χ0n) is 11.4. The first-order valence-electron chi connectivity index (χ1n) is 6.64. The number of hydrogen-bond donors (Lipinski definition) is 1. The summed E-state index contributed by atoms with van der Waals surface area (Å²) in [5.41, 5.74) is -0.248. The molecule has 0 radical (unpaired) electrons. The topological polar surface area (TPSA) is 20.2 Å². The van der Waals surface area contributed by atoms with Gasteiger partial charge in [0.05, 0.1) is 5.60 Å². The van der Waals surface area contributed by atoms with Gasteiger partial charge in [-0.05, 0) is 43.4 Å². The number of hydrogen-bond acceptors (Lipinski definition) is 1. The molecule has 1 aliphatic carbocycles.